The van der Waals surface area contributed by atoms with Gasteiger partial charge >= 0.3 is 0 Å². The Hall–Kier alpha value is -3.00. The molecule has 0 aromatic heterocycles. The molecule has 0 saturated heterocycles. The number of nitrogens with zero attached hydrogens (tertiary/aromatic N) is 1. The summed E-state index contributed by atoms with van der Waals surface area (Å²) in [5.74, 6) is 5.40. The van der Waals surface area contributed by atoms with E-state index in [1.807, 2.05) is 55.5 Å². The number of aryl methyl sites for hydroxylation is 1. The summed E-state index contributed by atoms with van der Waals surface area (Å²) < 4.78 is 23.4. The molecule has 8 heteroatoms. The Balaban J connectivity index is 1.30. The number of amides is 1. The molecule has 1 saturated carbocycles. The molecule has 2 aliphatic heterocycles. The Kier molecular flexibility index (Phi) is 9.33. The molecule has 2 N–H and O–H groups in total. The van der Waals surface area contributed by atoms with E-state index >= 15 is 0 Å². The van der Waals surface area contributed by atoms with Gasteiger partial charge in [-0.25, -0.2) is 4.21 Å². The summed E-state index contributed by atoms with van der Waals surface area (Å²) in [6, 6.07) is 22.0. The smallest absolute Gasteiger partial charge is 0.262 e. The van der Waals surface area contributed by atoms with E-state index in [-0.39, 0.29) is 28.4 Å². The third kappa shape index (κ3) is 6.38. The standard InChI is InChI=1S/C40H49ClN2O4S/c1-26-9-7-13-34(38(44)28-10-5-4-6-11-28)33-17-14-31(33)23-43-24-40(20-8-12-29-21-32(41)16-18-35(29)40)25-47-37-19-15-30(22-36(37)43)39(45)42-48(3,46)27(26)2/h4-6,10-11,15-16,18-19,21-22,26-27,31,33-34,38,44H,3,7-9,12-14,17,20,23-25H2,1-2H3,(H,42,45,46)/t26-,27+,31-,33+,34+,38-,40-,48?/m0/s1. The molecular formula is C40H49ClN2O4S. The van der Waals surface area contributed by atoms with Gasteiger partial charge in [0.05, 0.1) is 28.1 Å². The highest BCUT2D eigenvalue weighted by atomic mass is 35.5. The lowest BCUT2D eigenvalue weighted by atomic mass is 9.63. The van der Waals surface area contributed by atoms with Gasteiger partial charge < -0.3 is 14.7 Å². The van der Waals surface area contributed by atoms with Gasteiger partial charge in [-0.3, -0.25) is 9.52 Å². The summed E-state index contributed by atoms with van der Waals surface area (Å²) >= 11 is 6.47. The van der Waals surface area contributed by atoms with Crippen molar-refractivity contribution in [1.29, 1.82) is 0 Å². The number of aliphatic hydroxyl groups is 1. The number of fused-ring (bicyclic) bond motifs is 4. The number of carbonyl (C=O) groups excluding carboxylic acids is 1. The molecule has 48 heavy (non-hydrogen) atoms. The van der Waals surface area contributed by atoms with Crippen LogP contribution in [0.25, 0.3) is 0 Å². The van der Waals surface area contributed by atoms with Crippen LogP contribution >= 0.6 is 11.6 Å². The Bertz CT molecular complexity index is 1760. The number of carbonyl (C=O) groups is 1. The van der Waals surface area contributed by atoms with Crippen molar-refractivity contribution in [1.82, 2.24) is 4.72 Å². The van der Waals surface area contributed by atoms with Gasteiger partial charge in [-0.05, 0) is 128 Å². The van der Waals surface area contributed by atoms with Gasteiger partial charge in [0, 0.05) is 34.3 Å². The van der Waals surface area contributed by atoms with Crippen LogP contribution in [0, 0.1) is 23.7 Å². The minimum atomic E-state index is -2.92. The third-order valence-electron chi connectivity index (χ3n) is 12.2. The van der Waals surface area contributed by atoms with Crippen LogP contribution in [0.4, 0.5) is 5.69 Å². The molecule has 1 amide bonds. The van der Waals surface area contributed by atoms with E-state index in [4.69, 9.17) is 16.3 Å². The number of anilines is 1. The highest BCUT2D eigenvalue weighted by molar-refractivity contribution is 7.99. The quantitative estimate of drug-likeness (QED) is 0.269. The number of nitrogens with one attached hydrogen (secondary N) is 1. The Morgan fingerprint density at radius 3 is 2.62 bits per heavy atom. The van der Waals surface area contributed by atoms with E-state index in [9.17, 15) is 14.1 Å². The van der Waals surface area contributed by atoms with Crippen LogP contribution in [0.2, 0.25) is 5.02 Å². The highest BCUT2D eigenvalue weighted by Crippen LogP contribution is 2.50. The van der Waals surface area contributed by atoms with E-state index in [2.05, 4.69) is 34.5 Å². The van der Waals surface area contributed by atoms with Crippen molar-refractivity contribution in [2.75, 3.05) is 24.6 Å². The van der Waals surface area contributed by atoms with Crippen molar-refractivity contribution in [2.24, 2.45) is 23.7 Å². The van der Waals surface area contributed by atoms with Crippen molar-refractivity contribution in [2.45, 2.75) is 82.0 Å². The van der Waals surface area contributed by atoms with Gasteiger partial charge in [-0.15, -0.1) is 0 Å². The molecule has 2 heterocycles. The molecule has 6 nitrogen and oxygen atoms in total. The Labute approximate surface area is 291 Å². The number of benzene rings is 3. The average Bonchev–Trinajstić information content (AvgIpc) is 3.21. The summed E-state index contributed by atoms with van der Waals surface area (Å²) in [4.78, 5) is 16.2. The number of halogens is 1. The molecule has 7 rings (SSSR count). The van der Waals surface area contributed by atoms with Crippen LogP contribution in [0.15, 0.2) is 66.7 Å². The summed E-state index contributed by atoms with van der Waals surface area (Å²) in [5, 5.41) is 12.4. The van der Waals surface area contributed by atoms with Crippen molar-refractivity contribution in [3.8, 4) is 5.75 Å². The first-order chi connectivity index (χ1) is 23.0. The van der Waals surface area contributed by atoms with E-state index in [1.54, 1.807) is 6.07 Å². The second kappa shape index (κ2) is 13.4. The second-order valence-corrected chi connectivity index (χ2v) is 17.9. The van der Waals surface area contributed by atoms with Gasteiger partial charge in [0.1, 0.15) is 5.75 Å². The molecule has 1 unspecified atom stereocenters. The van der Waals surface area contributed by atoms with E-state index < -0.39 is 15.8 Å². The first-order valence-electron chi connectivity index (χ1n) is 17.8. The zero-order valence-corrected chi connectivity index (χ0v) is 29.8. The molecule has 3 aromatic rings. The fraction of sp³-hybridized carbons (Fsp3) is 0.500. The van der Waals surface area contributed by atoms with Crippen LogP contribution in [-0.4, -0.2) is 46.0 Å². The molecule has 1 fully saturated rings. The zero-order chi connectivity index (χ0) is 33.6. The van der Waals surface area contributed by atoms with Gasteiger partial charge in [0.2, 0.25) is 0 Å². The number of ether oxygens (including phenoxy) is 1. The fourth-order valence-electron chi connectivity index (χ4n) is 9.02. The van der Waals surface area contributed by atoms with Crippen LogP contribution < -0.4 is 14.4 Å². The van der Waals surface area contributed by atoms with Crippen molar-refractivity contribution >= 4 is 38.8 Å². The van der Waals surface area contributed by atoms with Crippen molar-refractivity contribution in [3.05, 3.63) is 94.0 Å². The van der Waals surface area contributed by atoms with E-state index in [0.29, 0.717) is 24.0 Å². The fourth-order valence-corrected chi connectivity index (χ4v) is 10.7. The van der Waals surface area contributed by atoms with Crippen molar-refractivity contribution < 1.29 is 18.8 Å². The van der Waals surface area contributed by atoms with Gasteiger partial charge in [-0.1, -0.05) is 61.3 Å². The van der Waals surface area contributed by atoms with Crippen LogP contribution in [-0.2, 0) is 21.5 Å². The van der Waals surface area contributed by atoms with Crippen molar-refractivity contribution in [3.63, 3.8) is 0 Å². The van der Waals surface area contributed by atoms with Crippen LogP contribution in [0.5, 0.6) is 5.75 Å². The zero-order valence-electron chi connectivity index (χ0n) is 28.2. The minimum Gasteiger partial charge on any atom is -0.490 e. The number of hydrogen-bond donors (Lipinski definition) is 2. The highest BCUT2D eigenvalue weighted by Gasteiger charge is 2.45. The SMILES string of the molecule is C=S1(=O)NC(=O)c2ccc3c(c2)N(C[C@@H]2CC[C@H]2[C@H]([C@@H](O)c2ccccc2)CCC[C@H](C)[C@H]1C)C[C@@]1(CCCc2cc(Cl)ccc21)CO3. The second-order valence-electron chi connectivity index (χ2n) is 15.1. The molecule has 8 atom stereocenters. The lowest BCUT2D eigenvalue weighted by Crippen LogP contribution is -2.49. The first kappa shape index (κ1) is 33.5. The minimum absolute atomic E-state index is 0.0929. The van der Waals surface area contributed by atoms with Gasteiger partial charge in [0.25, 0.3) is 5.91 Å². The Morgan fingerprint density at radius 2 is 1.85 bits per heavy atom. The monoisotopic (exact) mass is 688 g/mol. The lowest BCUT2D eigenvalue weighted by Gasteiger charge is -2.48. The number of aliphatic hydroxyl groups excluding tert-OH is 1. The maximum absolute atomic E-state index is 13.9. The third-order valence-corrected chi connectivity index (χ3v) is 14.6. The van der Waals surface area contributed by atoms with Crippen LogP contribution in [0.3, 0.4) is 0 Å². The topological polar surface area (TPSA) is 78.9 Å². The maximum atomic E-state index is 13.9. The predicted octanol–water partition coefficient (Wildman–Crippen LogP) is 7.76. The molecule has 2 aliphatic carbocycles. The summed E-state index contributed by atoms with van der Waals surface area (Å²) in [6.45, 7) is 6.15. The Morgan fingerprint density at radius 1 is 1.04 bits per heavy atom. The van der Waals surface area contributed by atoms with E-state index in [0.717, 1.165) is 86.5 Å². The molecule has 0 radical (unpaired) electrons. The summed E-state index contributed by atoms with van der Waals surface area (Å²) in [7, 11) is -2.92. The largest absolute Gasteiger partial charge is 0.490 e. The van der Waals surface area contributed by atoms with E-state index in [1.165, 1.54) is 11.1 Å². The van der Waals surface area contributed by atoms with Crippen LogP contribution in [0.1, 0.15) is 91.9 Å². The normalized spacial score (nSPS) is 32.9. The lowest BCUT2D eigenvalue weighted by molar-refractivity contribution is 0.000605. The van der Waals surface area contributed by atoms with Gasteiger partial charge in [-0.2, -0.15) is 0 Å². The maximum Gasteiger partial charge on any atom is 0.262 e. The summed E-state index contributed by atoms with van der Waals surface area (Å²) in [5.41, 5.74) is 4.70. The molecular weight excluding hydrogens is 640 g/mol. The predicted molar refractivity (Wildman–Crippen MR) is 197 cm³/mol. The molecule has 2 bridgehead atoms. The summed E-state index contributed by atoms with van der Waals surface area (Å²) in [6.07, 6.45) is 7.36. The molecule has 256 valence electrons. The van der Waals surface area contributed by atoms with Gasteiger partial charge in [0.15, 0.2) is 0 Å². The molecule has 1 spiro atoms. The first-order valence-corrected chi connectivity index (χ1v) is 19.9. The number of hydrogen-bond acceptors (Lipinski definition) is 5. The average molecular weight is 689 g/mol. The molecule has 4 aliphatic rings. The molecule has 3 aromatic carbocycles. The number of rotatable bonds is 2.